The van der Waals surface area contributed by atoms with E-state index in [9.17, 15) is 4.79 Å². The van der Waals surface area contributed by atoms with Gasteiger partial charge in [0.1, 0.15) is 0 Å². The van der Waals surface area contributed by atoms with Gasteiger partial charge in [-0.1, -0.05) is 0 Å². The molecule has 1 amide bonds. The van der Waals surface area contributed by atoms with Gasteiger partial charge in [0.2, 0.25) is 0 Å². The first-order valence-corrected chi connectivity index (χ1v) is 8.46. The van der Waals surface area contributed by atoms with Gasteiger partial charge in [0.15, 0.2) is 0 Å². The Morgan fingerprint density at radius 1 is 1.41 bits per heavy atom. The van der Waals surface area contributed by atoms with Crippen LogP contribution in [0, 0.1) is 13.8 Å². The Bertz CT molecular complexity index is 695. The van der Waals surface area contributed by atoms with Crippen molar-refractivity contribution in [3.63, 3.8) is 0 Å². The van der Waals surface area contributed by atoms with Crippen LogP contribution in [0.25, 0.3) is 0 Å². The Morgan fingerprint density at radius 3 is 2.91 bits per heavy atom. The summed E-state index contributed by atoms with van der Waals surface area (Å²) in [5.74, 6) is 0.493. The molecular weight excluding hydrogens is 294 g/mol. The highest BCUT2D eigenvalue weighted by molar-refractivity contribution is 7.12. The molecular formula is C17H21N3OS. The smallest absolute Gasteiger partial charge is 0.264 e. The molecule has 3 heterocycles. The SMILES string of the molecule is CNc1cc(C)nc([C@@H]2CCN(C(=O)c3sccc3C)C2)c1. The molecule has 0 saturated carbocycles. The highest BCUT2D eigenvalue weighted by Crippen LogP contribution is 2.30. The summed E-state index contributed by atoms with van der Waals surface area (Å²) in [6.07, 6.45) is 0.982. The highest BCUT2D eigenvalue weighted by atomic mass is 32.1. The first-order chi connectivity index (χ1) is 10.6. The molecule has 0 radical (unpaired) electrons. The highest BCUT2D eigenvalue weighted by Gasteiger charge is 2.30. The van der Waals surface area contributed by atoms with Crippen LogP contribution in [0.5, 0.6) is 0 Å². The van der Waals surface area contributed by atoms with Crippen LogP contribution in [0.4, 0.5) is 5.69 Å². The average Bonchev–Trinajstić information content (AvgIpc) is 3.14. The molecule has 1 atom stereocenters. The van der Waals surface area contributed by atoms with Gasteiger partial charge in [-0.2, -0.15) is 0 Å². The molecule has 116 valence electrons. The van der Waals surface area contributed by atoms with Crippen LogP contribution >= 0.6 is 11.3 Å². The van der Waals surface area contributed by atoms with Gasteiger partial charge < -0.3 is 10.2 Å². The molecule has 22 heavy (non-hydrogen) atoms. The van der Waals surface area contributed by atoms with Crippen molar-refractivity contribution in [3.05, 3.63) is 45.4 Å². The van der Waals surface area contributed by atoms with E-state index in [0.717, 1.165) is 47.0 Å². The van der Waals surface area contributed by atoms with Crippen molar-refractivity contribution in [2.75, 3.05) is 25.5 Å². The van der Waals surface area contributed by atoms with Crippen molar-refractivity contribution in [2.24, 2.45) is 0 Å². The lowest BCUT2D eigenvalue weighted by Crippen LogP contribution is -2.28. The molecule has 0 spiro atoms. The lowest BCUT2D eigenvalue weighted by molar-refractivity contribution is 0.0795. The van der Waals surface area contributed by atoms with Gasteiger partial charge >= 0.3 is 0 Å². The van der Waals surface area contributed by atoms with Crippen molar-refractivity contribution in [2.45, 2.75) is 26.2 Å². The van der Waals surface area contributed by atoms with Gasteiger partial charge in [-0.15, -0.1) is 11.3 Å². The van der Waals surface area contributed by atoms with Gasteiger partial charge in [-0.3, -0.25) is 9.78 Å². The number of aryl methyl sites for hydroxylation is 2. The molecule has 1 aliphatic rings. The molecule has 1 fully saturated rings. The number of aromatic nitrogens is 1. The summed E-state index contributed by atoms with van der Waals surface area (Å²) in [6, 6.07) is 6.14. The Kier molecular flexibility index (Phi) is 4.16. The molecule has 3 rings (SSSR count). The standard InChI is InChI=1S/C17H21N3OS/c1-11-5-7-22-16(11)17(21)20-6-4-13(10-20)15-9-14(18-3)8-12(2)19-15/h5,7-9,13H,4,6,10H2,1-3H3,(H,18,19)/t13-/m1/s1. The first kappa shape index (κ1) is 15.0. The number of nitrogens with zero attached hydrogens (tertiary/aromatic N) is 2. The van der Waals surface area contributed by atoms with Crippen LogP contribution in [-0.2, 0) is 0 Å². The number of hydrogen-bond donors (Lipinski definition) is 1. The third-order valence-electron chi connectivity index (χ3n) is 4.21. The summed E-state index contributed by atoms with van der Waals surface area (Å²) in [6.45, 7) is 5.58. The molecule has 4 nitrogen and oxygen atoms in total. The Labute approximate surface area is 135 Å². The molecule has 2 aromatic rings. The average molecular weight is 315 g/mol. The summed E-state index contributed by atoms with van der Waals surface area (Å²) < 4.78 is 0. The maximum absolute atomic E-state index is 12.6. The number of anilines is 1. The van der Waals surface area contributed by atoms with Gasteiger partial charge in [-0.25, -0.2) is 0 Å². The lowest BCUT2D eigenvalue weighted by atomic mass is 10.0. The summed E-state index contributed by atoms with van der Waals surface area (Å²) in [7, 11) is 1.92. The predicted molar refractivity (Wildman–Crippen MR) is 90.8 cm³/mol. The van der Waals surface area contributed by atoms with Gasteiger partial charge in [0.05, 0.1) is 4.88 Å². The molecule has 1 N–H and O–H groups in total. The molecule has 1 saturated heterocycles. The van der Waals surface area contributed by atoms with Crippen molar-refractivity contribution >= 4 is 22.9 Å². The van der Waals surface area contributed by atoms with Crippen LogP contribution in [0.15, 0.2) is 23.6 Å². The number of thiophene rings is 1. The van der Waals surface area contributed by atoms with Crippen molar-refractivity contribution in [1.82, 2.24) is 9.88 Å². The largest absolute Gasteiger partial charge is 0.388 e. The predicted octanol–water partition coefficient (Wildman–Crippen LogP) is 3.43. The van der Waals surface area contributed by atoms with Crippen molar-refractivity contribution in [1.29, 1.82) is 0 Å². The van der Waals surface area contributed by atoms with E-state index in [1.165, 1.54) is 11.3 Å². The van der Waals surface area contributed by atoms with Crippen LogP contribution in [0.3, 0.4) is 0 Å². The van der Waals surface area contributed by atoms with Gasteiger partial charge in [0.25, 0.3) is 5.91 Å². The number of carbonyl (C=O) groups is 1. The number of pyridine rings is 1. The van der Waals surface area contributed by atoms with Crippen LogP contribution in [-0.4, -0.2) is 35.9 Å². The second-order valence-electron chi connectivity index (χ2n) is 5.84. The fourth-order valence-electron chi connectivity index (χ4n) is 2.97. The molecule has 0 aromatic carbocycles. The van der Waals surface area contributed by atoms with E-state index in [-0.39, 0.29) is 5.91 Å². The normalized spacial score (nSPS) is 17.8. The quantitative estimate of drug-likeness (QED) is 0.944. The van der Waals surface area contributed by atoms with Gasteiger partial charge in [0, 0.05) is 43.1 Å². The molecule has 0 unspecified atom stereocenters. The first-order valence-electron chi connectivity index (χ1n) is 7.58. The zero-order chi connectivity index (χ0) is 15.7. The van der Waals surface area contributed by atoms with E-state index in [1.54, 1.807) is 0 Å². The summed E-state index contributed by atoms with van der Waals surface area (Å²) >= 11 is 1.53. The third kappa shape index (κ3) is 2.86. The topological polar surface area (TPSA) is 45.2 Å². The number of carbonyl (C=O) groups excluding carboxylic acids is 1. The maximum atomic E-state index is 12.6. The van der Waals surface area contributed by atoms with Crippen LogP contribution in [0.1, 0.15) is 39.0 Å². The van der Waals surface area contributed by atoms with E-state index in [4.69, 9.17) is 0 Å². The van der Waals surface area contributed by atoms with E-state index >= 15 is 0 Å². The van der Waals surface area contributed by atoms with Crippen molar-refractivity contribution in [3.8, 4) is 0 Å². The molecule has 0 aliphatic carbocycles. The number of nitrogens with one attached hydrogen (secondary N) is 1. The number of hydrogen-bond acceptors (Lipinski definition) is 4. The summed E-state index contributed by atoms with van der Waals surface area (Å²) in [4.78, 5) is 20.1. The van der Waals surface area contributed by atoms with E-state index in [0.29, 0.717) is 5.92 Å². The zero-order valence-corrected chi connectivity index (χ0v) is 14.0. The fraction of sp³-hybridized carbons (Fsp3) is 0.412. The minimum absolute atomic E-state index is 0.163. The second kappa shape index (κ2) is 6.08. The number of amides is 1. The minimum atomic E-state index is 0.163. The number of likely N-dealkylation sites (tertiary alicyclic amines) is 1. The van der Waals surface area contributed by atoms with Crippen LogP contribution < -0.4 is 5.32 Å². The minimum Gasteiger partial charge on any atom is -0.388 e. The van der Waals surface area contributed by atoms with Crippen molar-refractivity contribution < 1.29 is 4.79 Å². The molecule has 2 aromatic heterocycles. The Morgan fingerprint density at radius 2 is 2.23 bits per heavy atom. The fourth-order valence-corrected chi connectivity index (χ4v) is 3.86. The summed E-state index contributed by atoms with van der Waals surface area (Å²) in [5, 5.41) is 5.16. The Balaban J connectivity index is 1.76. The lowest BCUT2D eigenvalue weighted by Gasteiger charge is -2.16. The zero-order valence-electron chi connectivity index (χ0n) is 13.2. The van der Waals surface area contributed by atoms with E-state index in [2.05, 4.69) is 16.4 Å². The number of rotatable bonds is 3. The molecule has 1 aliphatic heterocycles. The molecule has 0 bridgehead atoms. The van der Waals surface area contributed by atoms with Crippen LogP contribution in [0.2, 0.25) is 0 Å². The molecule has 5 heteroatoms. The maximum Gasteiger partial charge on any atom is 0.264 e. The third-order valence-corrected chi connectivity index (χ3v) is 5.22. The van der Waals surface area contributed by atoms with E-state index in [1.807, 2.05) is 43.3 Å². The van der Waals surface area contributed by atoms with E-state index < -0.39 is 0 Å². The Hall–Kier alpha value is -1.88. The second-order valence-corrected chi connectivity index (χ2v) is 6.76. The van der Waals surface area contributed by atoms with Gasteiger partial charge in [-0.05, 0) is 49.4 Å². The monoisotopic (exact) mass is 315 g/mol. The summed E-state index contributed by atoms with van der Waals surface area (Å²) in [5.41, 5.74) is 4.26.